The van der Waals surface area contributed by atoms with Crippen LogP contribution in [0.5, 0.6) is 0 Å². The first-order valence-electron chi connectivity index (χ1n) is 7.40. The SMILES string of the molecule is CCCNC(Cc1ccc(CC)s1)c1snnc1CC. The number of nitrogens with one attached hydrogen (secondary N) is 1. The van der Waals surface area contributed by atoms with Crippen LogP contribution in [0.4, 0.5) is 0 Å². The molecule has 0 bridgehead atoms. The number of aromatic nitrogens is 2. The maximum absolute atomic E-state index is 4.26. The lowest BCUT2D eigenvalue weighted by molar-refractivity contribution is 0.535. The Morgan fingerprint density at radius 1 is 1.15 bits per heavy atom. The third kappa shape index (κ3) is 3.87. The zero-order chi connectivity index (χ0) is 14.4. The highest BCUT2D eigenvalue weighted by atomic mass is 32.1. The van der Waals surface area contributed by atoms with Crippen LogP contribution in [0.1, 0.15) is 53.6 Å². The van der Waals surface area contributed by atoms with Crippen LogP contribution in [0.15, 0.2) is 12.1 Å². The molecule has 0 radical (unpaired) electrons. The van der Waals surface area contributed by atoms with Gasteiger partial charge >= 0.3 is 0 Å². The van der Waals surface area contributed by atoms with Crippen LogP contribution in [0.2, 0.25) is 0 Å². The van der Waals surface area contributed by atoms with Gasteiger partial charge < -0.3 is 5.32 Å². The van der Waals surface area contributed by atoms with Gasteiger partial charge in [0.15, 0.2) is 0 Å². The summed E-state index contributed by atoms with van der Waals surface area (Å²) >= 11 is 3.47. The lowest BCUT2D eigenvalue weighted by Gasteiger charge is -2.16. The van der Waals surface area contributed by atoms with Crippen LogP contribution in [-0.4, -0.2) is 16.1 Å². The Hall–Kier alpha value is -0.780. The molecule has 0 aromatic carbocycles. The van der Waals surface area contributed by atoms with Crippen molar-refractivity contribution < 1.29 is 0 Å². The van der Waals surface area contributed by atoms with Crippen LogP contribution >= 0.6 is 22.9 Å². The van der Waals surface area contributed by atoms with E-state index in [1.54, 1.807) is 11.5 Å². The molecule has 5 heteroatoms. The van der Waals surface area contributed by atoms with Crippen molar-refractivity contribution in [3.63, 3.8) is 0 Å². The molecule has 0 spiro atoms. The van der Waals surface area contributed by atoms with Crippen LogP contribution in [0, 0.1) is 0 Å². The molecule has 110 valence electrons. The summed E-state index contributed by atoms with van der Waals surface area (Å²) in [7, 11) is 0. The minimum absolute atomic E-state index is 0.355. The van der Waals surface area contributed by atoms with Crippen molar-refractivity contribution in [1.82, 2.24) is 14.9 Å². The van der Waals surface area contributed by atoms with Gasteiger partial charge in [-0.3, -0.25) is 0 Å². The van der Waals surface area contributed by atoms with Crippen LogP contribution in [-0.2, 0) is 19.3 Å². The van der Waals surface area contributed by atoms with Crippen molar-refractivity contribution in [3.8, 4) is 0 Å². The lowest BCUT2D eigenvalue weighted by atomic mass is 10.1. The smallest absolute Gasteiger partial charge is 0.0801 e. The molecule has 2 aromatic heterocycles. The standard InChI is InChI=1S/C15H23N3S2/c1-4-9-16-14(15-13(6-3)17-18-20-15)10-12-8-7-11(5-2)19-12/h7-8,14,16H,4-6,9-10H2,1-3H3. The Kier molecular flexibility index (Phi) is 6.13. The number of rotatable bonds is 8. The van der Waals surface area contributed by atoms with E-state index in [1.807, 2.05) is 11.3 Å². The molecule has 3 nitrogen and oxygen atoms in total. The highest BCUT2D eigenvalue weighted by Crippen LogP contribution is 2.27. The molecule has 1 unspecified atom stereocenters. The highest BCUT2D eigenvalue weighted by molar-refractivity contribution is 7.12. The predicted molar refractivity (Wildman–Crippen MR) is 87.7 cm³/mol. The van der Waals surface area contributed by atoms with E-state index in [4.69, 9.17) is 0 Å². The minimum Gasteiger partial charge on any atom is -0.309 e. The molecule has 1 N–H and O–H groups in total. The van der Waals surface area contributed by atoms with Gasteiger partial charge in [-0.25, -0.2) is 0 Å². The molecular weight excluding hydrogens is 286 g/mol. The third-order valence-electron chi connectivity index (χ3n) is 3.35. The Morgan fingerprint density at radius 3 is 2.60 bits per heavy atom. The van der Waals surface area contributed by atoms with Gasteiger partial charge in [-0.1, -0.05) is 25.3 Å². The quantitative estimate of drug-likeness (QED) is 0.800. The zero-order valence-electron chi connectivity index (χ0n) is 12.5. The summed E-state index contributed by atoms with van der Waals surface area (Å²) in [6.45, 7) is 7.61. The summed E-state index contributed by atoms with van der Waals surface area (Å²) in [4.78, 5) is 4.23. The second-order valence-electron chi connectivity index (χ2n) is 4.87. The van der Waals surface area contributed by atoms with Gasteiger partial charge in [-0.15, -0.1) is 16.4 Å². The molecule has 20 heavy (non-hydrogen) atoms. The van der Waals surface area contributed by atoms with Gasteiger partial charge in [0.1, 0.15) is 0 Å². The number of hydrogen-bond donors (Lipinski definition) is 1. The number of aryl methyl sites for hydroxylation is 2. The molecule has 2 heterocycles. The largest absolute Gasteiger partial charge is 0.309 e. The van der Waals surface area contributed by atoms with Crippen molar-refractivity contribution >= 4 is 22.9 Å². The van der Waals surface area contributed by atoms with Gasteiger partial charge in [0.2, 0.25) is 0 Å². The minimum atomic E-state index is 0.355. The van der Waals surface area contributed by atoms with E-state index in [0.29, 0.717) is 6.04 Å². The monoisotopic (exact) mass is 309 g/mol. The molecule has 0 saturated carbocycles. The third-order valence-corrected chi connectivity index (χ3v) is 5.48. The Balaban J connectivity index is 2.14. The van der Waals surface area contributed by atoms with Crippen LogP contribution in [0.25, 0.3) is 0 Å². The average Bonchev–Trinajstić information content (AvgIpc) is 3.11. The van der Waals surface area contributed by atoms with Crippen LogP contribution < -0.4 is 5.32 Å². The van der Waals surface area contributed by atoms with Crippen molar-refractivity contribution in [3.05, 3.63) is 32.5 Å². The lowest BCUT2D eigenvalue weighted by Crippen LogP contribution is -2.24. The molecular formula is C15H23N3S2. The van der Waals surface area contributed by atoms with Gasteiger partial charge in [-0.2, -0.15) is 0 Å². The van der Waals surface area contributed by atoms with E-state index in [1.165, 1.54) is 14.6 Å². The molecule has 0 aliphatic heterocycles. The maximum Gasteiger partial charge on any atom is 0.0801 e. The Bertz CT molecular complexity index is 519. The topological polar surface area (TPSA) is 37.8 Å². The van der Waals surface area contributed by atoms with Crippen molar-refractivity contribution in [2.45, 2.75) is 52.5 Å². The molecule has 2 aromatic rings. The molecule has 2 rings (SSSR count). The van der Waals surface area contributed by atoms with Crippen molar-refractivity contribution in [2.75, 3.05) is 6.54 Å². The van der Waals surface area contributed by atoms with E-state index >= 15 is 0 Å². The Labute approximate surface area is 129 Å². The van der Waals surface area contributed by atoms with Gasteiger partial charge in [0, 0.05) is 22.2 Å². The van der Waals surface area contributed by atoms with Gasteiger partial charge in [-0.05, 0) is 49.5 Å². The van der Waals surface area contributed by atoms with E-state index in [0.717, 1.165) is 37.9 Å². The van der Waals surface area contributed by atoms with E-state index < -0.39 is 0 Å². The zero-order valence-corrected chi connectivity index (χ0v) is 14.1. The van der Waals surface area contributed by atoms with Crippen LogP contribution in [0.3, 0.4) is 0 Å². The first-order chi connectivity index (χ1) is 9.78. The summed E-state index contributed by atoms with van der Waals surface area (Å²) in [5.74, 6) is 0. The molecule has 0 saturated heterocycles. The number of hydrogen-bond acceptors (Lipinski definition) is 5. The molecule has 0 aliphatic rings. The van der Waals surface area contributed by atoms with Gasteiger partial charge in [0.25, 0.3) is 0 Å². The number of thiophene rings is 1. The second kappa shape index (κ2) is 7.86. The average molecular weight is 310 g/mol. The summed E-state index contributed by atoms with van der Waals surface area (Å²) in [5.41, 5.74) is 1.15. The highest BCUT2D eigenvalue weighted by Gasteiger charge is 2.19. The first-order valence-corrected chi connectivity index (χ1v) is 8.99. The molecule has 0 fully saturated rings. The fourth-order valence-electron chi connectivity index (χ4n) is 2.22. The normalized spacial score (nSPS) is 12.8. The molecule has 1 atom stereocenters. The van der Waals surface area contributed by atoms with E-state index in [-0.39, 0.29) is 0 Å². The summed E-state index contributed by atoms with van der Waals surface area (Å²) in [6, 6.07) is 4.88. The fraction of sp³-hybridized carbons (Fsp3) is 0.600. The van der Waals surface area contributed by atoms with Gasteiger partial charge in [0.05, 0.1) is 10.6 Å². The molecule has 0 amide bonds. The van der Waals surface area contributed by atoms with Crippen molar-refractivity contribution in [1.29, 1.82) is 0 Å². The Morgan fingerprint density at radius 2 is 1.95 bits per heavy atom. The number of nitrogens with zero attached hydrogens (tertiary/aromatic N) is 2. The summed E-state index contributed by atoms with van der Waals surface area (Å²) in [5, 5.41) is 7.92. The summed E-state index contributed by atoms with van der Waals surface area (Å²) in [6.07, 6.45) is 4.28. The molecule has 0 aliphatic carbocycles. The maximum atomic E-state index is 4.26. The van der Waals surface area contributed by atoms with Crippen molar-refractivity contribution in [2.24, 2.45) is 0 Å². The summed E-state index contributed by atoms with van der Waals surface area (Å²) < 4.78 is 4.14. The fourth-order valence-corrected chi connectivity index (χ4v) is 4.04. The van der Waals surface area contributed by atoms with E-state index in [9.17, 15) is 0 Å². The van der Waals surface area contributed by atoms with E-state index in [2.05, 4.69) is 47.8 Å². The second-order valence-corrected chi connectivity index (χ2v) is 6.91. The predicted octanol–water partition coefficient (Wildman–Crippen LogP) is 4.01. The first kappa shape index (κ1) is 15.6.